The van der Waals surface area contributed by atoms with Crippen molar-refractivity contribution in [2.45, 2.75) is 66.7 Å². The molecule has 1 aromatic carbocycles. The van der Waals surface area contributed by atoms with Gasteiger partial charge in [-0.1, -0.05) is 0 Å². The van der Waals surface area contributed by atoms with Crippen molar-refractivity contribution in [2.24, 2.45) is 0 Å². The number of amides is 1. The molecule has 0 bridgehead atoms. The molecule has 0 saturated carbocycles. The van der Waals surface area contributed by atoms with Crippen LogP contribution < -0.4 is 14.4 Å². The molecule has 0 aliphatic carbocycles. The van der Waals surface area contributed by atoms with Gasteiger partial charge in [0, 0.05) is 18.5 Å². The van der Waals surface area contributed by atoms with Gasteiger partial charge in [0.05, 0.1) is 31.4 Å². The maximum atomic E-state index is 13.0. The molecule has 0 aliphatic heterocycles. The summed E-state index contributed by atoms with van der Waals surface area (Å²) in [4.78, 5) is 34.7. The minimum Gasteiger partial charge on any atom is -0.494 e. The summed E-state index contributed by atoms with van der Waals surface area (Å²) in [5.41, 5.74) is 0.204. The average molecular weight is 460 g/mol. The topological polar surface area (TPSA) is 100 Å². The maximum absolute atomic E-state index is 13.0. The second-order valence-electron chi connectivity index (χ2n) is 8.47. The van der Waals surface area contributed by atoms with Gasteiger partial charge < -0.3 is 18.9 Å². The Morgan fingerprint density at radius 2 is 1.64 bits per heavy atom. The van der Waals surface area contributed by atoms with Gasteiger partial charge in [0.25, 0.3) is 0 Å². The Labute approximate surface area is 195 Å². The summed E-state index contributed by atoms with van der Waals surface area (Å²) in [6.07, 6.45) is 1.98. The van der Waals surface area contributed by atoms with Gasteiger partial charge >= 0.3 is 12.1 Å². The highest BCUT2D eigenvalue weighted by molar-refractivity contribution is 5.89. The fraction of sp³-hybridized carbons (Fsp3) is 0.500. The molecule has 9 heteroatoms. The Hall–Kier alpha value is -3.36. The van der Waals surface area contributed by atoms with E-state index >= 15 is 0 Å². The zero-order valence-corrected chi connectivity index (χ0v) is 20.4. The van der Waals surface area contributed by atoms with Crippen molar-refractivity contribution < 1.29 is 28.5 Å². The van der Waals surface area contributed by atoms with Gasteiger partial charge in [-0.2, -0.15) is 0 Å². The third-order valence-corrected chi connectivity index (χ3v) is 3.97. The average Bonchev–Trinajstić information content (AvgIpc) is 2.70. The smallest absolute Gasteiger partial charge is 0.417 e. The molecule has 0 atom stereocenters. The van der Waals surface area contributed by atoms with Gasteiger partial charge in [-0.3, -0.25) is 0 Å². The van der Waals surface area contributed by atoms with E-state index in [4.69, 9.17) is 18.9 Å². The van der Waals surface area contributed by atoms with Crippen LogP contribution in [0.4, 0.5) is 10.7 Å². The van der Waals surface area contributed by atoms with Crippen molar-refractivity contribution in [2.75, 3.05) is 18.1 Å². The number of aromatic nitrogens is 2. The lowest BCUT2D eigenvalue weighted by molar-refractivity contribution is 0.0524. The Morgan fingerprint density at radius 1 is 1.00 bits per heavy atom. The van der Waals surface area contributed by atoms with Crippen LogP contribution in [0.15, 0.2) is 30.6 Å². The summed E-state index contributed by atoms with van der Waals surface area (Å²) in [5, 5.41) is 0. The van der Waals surface area contributed by atoms with Crippen LogP contribution in [0.1, 0.15) is 64.4 Å². The van der Waals surface area contributed by atoms with E-state index in [1.165, 1.54) is 17.3 Å². The van der Waals surface area contributed by atoms with Gasteiger partial charge in [0.15, 0.2) is 0 Å². The number of hydrogen-bond acceptors (Lipinski definition) is 8. The molecule has 2 rings (SSSR count). The minimum absolute atomic E-state index is 0.0320. The summed E-state index contributed by atoms with van der Waals surface area (Å²) in [6.45, 7) is 13.6. The molecule has 1 amide bonds. The monoisotopic (exact) mass is 459 g/mol. The van der Waals surface area contributed by atoms with Crippen LogP contribution in [-0.2, 0) is 16.0 Å². The maximum Gasteiger partial charge on any atom is 0.417 e. The van der Waals surface area contributed by atoms with Crippen molar-refractivity contribution >= 4 is 18.0 Å². The first-order chi connectivity index (χ1) is 15.5. The number of carbonyl (C=O) groups is 2. The number of carbonyl (C=O) groups excluding carboxylic acids is 2. The Bertz CT molecular complexity index is 938. The van der Waals surface area contributed by atoms with Gasteiger partial charge in [-0.05, 0) is 66.2 Å². The molecule has 0 fully saturated rings. The molecule has 0 unspecified atom stereocenters. The fourth-order valence-corrected chi connectivity index (χ4v) is 2.81. The lowest BCUT2D eigenvalue weighted by Crippen LogP contribution is -2.37. The van der Waals surface area contributed by atoms with Crippen molar-refractivity contribution in [1.29, 1.82) is 0 Å². The van der Waals surface area contributed by atoms with E-state index in [0.717, 1.165) is 5.56 Å². The molecule has 0 spiro atoms. The van der Waals surface area contributed by atoms with E-state index < -0.39 is 17.7 Å². The standard InChI is InChI=1S/C24H33N3O6/c1-8-30-19-10-17(11-20(12-19)32-16(3)4)15-27(23(29)33-24(5,6)7)22-25-13-18(14-26-22)21(28)31-9-2/h10-14,16H,8-9,15H2,1-7H3. The largest absolute Gasteiger partial charge is 0.494 e. The molecule has 0 saturated heterocycles. The summed E-state index contributed by atoms with van der Waals surface area (Å²) in [5.74, 6) is 0.792. The van der Waals surface area contributed by atoms with Gasteiger partial charge in [-0.25, -0.2) is 24.5 Å². The summed E-state index contributed by atoms with van der Waals surface area (Å²) >= 11 is 0. The zero-order valence-electron chi connectivity index (χ0n) is 20.4. The summed E-state index contributed by atoms with van der Waals surface area (Å²) in [6, 6.07) is 5.45. The van der Waals surface area contributed by atoms with Gasteiger partial charge in [0.2, 0.25) is 5.95 Å². The Balaban J connectivity index is 2.41. The van der Waals surface area contributed by atoms with Gasteiger partial charge in [-0.15, -0.1) is 0 Å². The van der Waals surface area contributed by atoms with E-state index in [-0.39, 0.29) is 30.8 Å². The first-order valence-corrected chi connectivity index (χ1v) is 11.0. The minimum atomic E-state index is -0.723. The fourth-order valence-electron chi connectivity index (χ4n) is 2.81. The molecular weight excluding hydrogens is 426 g/mol. The molecule has 1 heterocycles. The number of esters is 1. The van der Waals surface area contributed by atoms with Crippen molar-refractivity contribution in [3.8, 4) is 11.5 Å². The Morgan fingerprint density at radius 3 is 2.18 bits per heavy atom. The lowest BCUT2D eigenvalue weighted by Gasteiger charge is -2.26. The van der Waals surface area contributed by atoms with Crippen LogP contribution in [-0.4, -0.2) is 46.9 Å². The zero-order chi connectivity index (χ0) is 24.6. The quantitative estimate of drug-likeness (QED) is 0.494. The number of nitrogens with zero attached hydrogens (tertiary/aromatic N) is 3. The van der Waals surface area contributed by atoms with Crippen LogP contribution in [0, 0.1) is 0 Å². The summed E-state index contributed by atoms with van der Waals surface area (Å²) in [7, 11) is 0. The molecule has 0 N–H and O–H groups in total. The van der Waals surface area contributed by atoms with Crippen LogP contribution in [0.3, 0.4) is 0 Å². The van der Waals surface area contributed by atoms with Gasteiger partial charge in [0.1, 0.15) is 17.1 Å². The third-order valence-electron chi connectivity index (χ3n) is 3.97. The number of hydrogen-bond donors (Lipinski definition) is 0. The molecular formula is C24H33N3O6. The highest BCUT2D eigenvalue weighted by Crippen LogP contribution is 2.26. The molecule has 2 aromatic rings. The third kappa shape index (κ3) is 8.25. The molecule has 9 nitrogen and oxygen atoms in total. The molecule has 180 valence electrons. The van der Waals surface area contributed by atoms with Crippen LogP contribution in [0.5, 0.6) is 11.5 Å². The van der Waals surface area contributed by atoms with Crippen molar-refractivity contribution in [3.63, 3.8) is 0 Å². The highest BCUT2D eigenvalue weighted by atomic mass is 16.6. The van der Waals surface area contributed by atoms with E-state index in [0.29, 0.717) is 18.1 Å². The first kappa shape index (κ1) is 25.9. The normalized spacial score (nSPS) is 11.2. The predicted molar refractivity (Wildman–Crippen MR) is 124 cm³/mol. The van der Waals surface area contributed by atoms with Crippen LogP contribution in [0.2, 0.25) is 0 Å². The van der Waals surface area contributed by atoms with E-state index in [1.54, 1.807) is 33.8 Å². The molecule has 0 radical (unpaired) electrons. The molecule has 0 aliphatic rings. The second-order valence-corrected chi connectivity index (χ2v) is 8.47. The van der Waals surface area contributed by atoms with Crippen LogP contribution >= 0.6 is 0 Å². The SMILES string of the molecule is CCOC(=O)c1cnc(N(Cc2cc(OCC)cc(OC(C)C)c2)C(=O)OC(C)(C)C)nc1. The van der Waals surface area contributed by atoms with E-state index in [2.05, 4.69) is 9.97 Å². The van der Waals surface area contributed by atoms with E-state index in [9.17, 15) is 9.59 Å². The van der Waals surface area contributed by atoms with Crippen molar-refractivity contribution in [1.82, 2.24) is 9.97 Å². The highest BCUT2D eigenvalue weighted by Gasteiger charge is 2.26. The number of benzene rings is 1. The second kappa shape index (κ2) is 11.5. The lowest BCUT2D eigenvalue weighted by atomic mass is 10.2. The molecule has 1 aromatic heterocycles. The Kier molecular flexibility index (Phi) is 9.02. The van der Waals surface area contributed by atoms with Crippen LogP contribution in [0.25, 0.3) is 0 Å². The predicted octanol–water partition coefficient (Wildman–Crippen LogP) is 4.78. The summed E-state index contributed by atoms with van der Waals surface area (Å²) < 4.78 is 22.0. The molecule has 33 heavy (non-hydrogen) atoms. The number of rotatable bonds is 9. The number of ether oxygens (including phenoxy) is 4. The van der Waals surface area contributed by atoms with Crippen molar-refractivity contribution in [3.05, 3.63) is 41.7 Å². The number of anilines is 1. The van der Waals surface area contributed by atoms with E-state index in [1.807, 2.05) is 32.9 Å². The first-order valence-electron chi connectivity index (χ1n) is 11.0.